The van der Waals surface area contributed by atoms with Crippen molar-refractivity contribution in [3.05, 3.63) is 17.5 Å². The lowest BCUT2D eigenvalue weighted by atomic mass is 9.98. The Morgan fingerprint density at radius 3 is 2.56 bits per heavy atom. The molecule has 0 unspecified atom stereocenters. The van der Waals surface area contributed by atoms with Crippen LogP contribution in [-0.2, 0) is 0 Å². The van der Waals surface area contributed by atoms with E-state index in [1.54, 1.807) is 0 Å². The fourth-order valence-corrected chi connectivity index (χ4v) is 2.33. The molecule has 0 bridgehead atoms. The molecule has 2 heterocycles. The predicted molar refractivity (Wildman–Crippen MR) is 72.9 cm³/mol. The molecular weight excluding hydrogens is 226 g/mol. The molecule has 1 N–H and O–H groups in total. The fourth-order valence-electron chi connectivity index (χ4n) is 2.33. The normalized spacial score (nSPS) is 17.5. The highest BCUT2D eigenvalue weighted by atomic mass is 16.3. The Labute approximate surface area is 109 Å². The lowest BCUT2D eigenvalue weighted by Crippen LogP contribution is -2.36. The van der Waals surface area contributed by atoms with Crippen molar-refractivity contribution in [1.82, 2.24) is 9.97 Å². The van der Waals surface area contributed by atoms with E-state index in [-0.39, 0.29) is 0 Å². The van der Waals surface area contributed by atoms with Crippen LogP contribution in [-0.4, -0.2) is 34.8 Å². The summed E-state index contributed by atoms with van der Waals surface area (Å²) in [5.74, 6) is 1.74. The van der Waals surface area contributed by atoms with E-state index in [9.17, 15) is 0 Å². The minimum atomic E-state index is 0.305. The van der Waals surface area contributed by atoms with Gasteiger partial charge in [0.1, 0.15) is 0 Å². The van der Waals surface area contributed by atoms with Crippen LogP contribution in [0.5, 0.6) is 0 Å². The highest BCUT2D eigenvalue weighted by Crippen LogP contribution is 2.22. The maximum absolute atomic E-state index is 9.16. The number of rotatable bonds is 3. The number of aliphatic hydroxyl groups is 1. The van der Waals surface area contributed by atoms with E-state index >= 15 is 0 Å². The molecule has 1 aromatic rings. The van der Waals surface area contributed by atoms with Gasteiger partial charge in [-0.2, -0.15) is 0 Å². The van der Waals surface area contributed by atoms with E-state index in [2.05, 4.69) is 34.8 Å². The molecule has 18 heavy (non-hydrogen) atoms. The average Bonchev–Trinajstić information content (AvgIpc) is 2.38. The molecule has 1 aliphatic heterocycles. The number of aliphatic hydroxyl groups excluding tert-OH is 1. The van der Waals surface area contributed by atoms with Gasteiger partial charge in [-0.05, 0) is 37.7 Å². The second kappa shape index (κ2) is 5.65. The van der Waals surface area contributed by atoms with Crippen LogP contribution in [0.15, 0.2) is 6.07 Å². The minimum Gasteiger partial charge on any atom is -0.396 e. The molecule has 4 nitrogen and oxygen atoms in total. The summed E-state index contributed by atoms with van der Waals surface area (Å²) in [6.07, 6.45) is 2.07. The summed E-state index contributed by atoms with van der Waals surface area (Å²) in [7, 11) is 0. The summed E-state index contributed by atoms with van der Waals surface area (Å²) in [6.45, 7) is 8.54. The molecule has 0 amide bonds. The van der Waals surface area contributed by atoms with Crippen molar-refractivity contribution in [3.63, 3.8) is 0 Å². The number of piperidine rings is 1. The monoisotopic (exact) mass is 249 g/mol. The highest BCUT2D eigenvalue weighted by molar-refractivity contribution is 5.33. The topological polar surface area (TPSA) is 49.2 Å². The van der Waals surface area contributed by atoms with Gasteiger partial charge in [0.2, 0.25) is 5.95 Å². The van der Waals surface area contributed by atoms with Crippen LogP contribution in [0.4, 0.5) is 5.95 Å². The molecule has 1 saturated heterocycles. The zero-order chi connectivity index (χ0) is 13.1. The largest absolute Gasteiger partial charge is 0.396 e. The summed E-state index contributed by atoms with van der Waals surface area (Å²) in [5.41, 5.74) is 2.15. The molecule has 0 spiro atoms. The maximum Gasteiger partial charge on any atom is 0.225 e. The van der Waals surface area contributed by atoms with Crippen molar-refractivity contribution >= 4 is 5.95 Å². The summed E-state index contributed by atoms with van der Waals surface area (Å²) in [6, 6.07) is 2.06. The standard InChI is InChI=1S/C14H23N3O/c1-10(2)13-8-11(3)15-14(16-13)17-6-4-12(9-18)5-7-17/h8,10,12,18H,4-7,9H2,1-3H3. The third kappa shape index (κ3) is 2.99. The molecule has 0 saturated carbocycles. The number of hydrogen-bond donors (Lipinski definition) is 1. The van der Waals surface area contributed by atoms with Crippen molar-refractivity contribution in [1.29, 1.82) is 0 Å². The van der Waals surface area contributed by atoms with Crippen molar-refractivity contribution < 1.29 is 5.11 Å². The van der Waals surface area contributed by atoms with E-state index in [0.29, 0.717) is 18.4 Å². The Morgan fingerprint density at radius 1 is 1.33 bits per heavy atom. The number of aryl methyl sites for hydroxylation is 1. The van der Waals surface area contributed by atoms with Gasteiger partial charge in [0.15, 0.2) is 0 Å². The van der Waals surface area contributed by atoms with Crippen LogP contribution < -0.4 is 4.90 Å². The Kier molecular flexibility index (Phi) is 4.17. The Balaban J connectivity index is 2.13. The minimum absolute atomic E-state index is 0.305. The van der Waals surface area contributed by atoms with E-state index in [4.69, 9.17) is 5.11 Å². The van der Waals surface area contributed by atoms with Crippen molar-refractivity contribution in [3.8, 4) is 0 Å². The Bertz CT molecular complexity index is 398. The van der Waals surface area contributed by atoms with Gasteiger partial charge in [0, 0.05) is 31.1 Å². The number of aromatic nitrogens is 2. The van der Waals surface area contributed by atoms with Crippen LogP contribution in [0.3, 0.4) is 0 Å². The lowest BCUT2D eigenvalue weighted by molar-refractivity contribution is 0.202. The van der Waals surface area contributed by atoms with Gasteiger partial charge in [-0.1, -0.05) is 13.8 Å². The first-order valence-electron chi connectivity index (χ1n) is 6.81. The molecule has 100 valence electrons. The van der Waals surface area contributed by atoms with E-state index in [1.807, 2.05) is 6.92 Å². The predicted octanol–water partition coefficient (Wildman–Crippen LogP) is 2.12. The number of hydrogen-bond acceptors (Lipinski definition) is 4. The molecular formula is C14H23N3O. The number of anilines is 1. The smallest absolute Gasteiger partial charge is 0.225 e. The summed E-state index contributed by atoms with van der Waals surface area (Å²) >= 11 is 0. The van der Waals surface area contributed by atoms with Crippen LogP contribution in [0.25, 0.3) is 0 Å². The average molecular weight is 249 g/mol. The zero-order valence-corrected chi connectivity index (χ0v) is 11.6. The van der Waals surface area contributed by atoms with Crippen molar-refractivity contribution in [2.75, 3.05) is 24.6 Å². The summed E-state index contributed by atoms with van der Waals surface area (Å²) in [5, 5.41) is 9.16. The van der Waals surface area contributed by atoms with Crippen molar-refractivity contribution in [2.24, 2.45) is 5.92 Å². The first kappa shape index (κ1) is 13.3. The molecule has 0 radical (unpaired) electrons. The SMILES string of the molecule is Cc1cc(C(C)C)nc(N2CCC(CO)CC2)n1. The van der Waals surface area contributed by atoms with Gasteiger partial charge >= 0.3 is 0 Å². The van der Waals surface area contributed by atoms with Crippen LogP contribution in [0.2, 0.25) is 0 Å². The van der Waals surface area contributed by atoms with E-state index in [0.717, 1.165) is 43.3 Å². The van der Waals surface area contributed by atoms with Gasteiger partial charge in [0.05, 0.1) is 0 Å². The first-order valence-corrected chi connectivity index (χ1v) is 6.81. The van der Waals surface area contributed by atoms with Crippen LogP contribution in [0.1, 0.15) is 44.0 Å². The maximum atomic E-state index is 9.16. The summed E-state index contributed by atoms with van der Waals surface area (Å²) < 4.78 is 0. The molecule has 1 fully saturated rings. The van der Waals surface area contributed by atoms with Gasteiger partial charge in [-0.25, -0.2) is 9.97 Å². The molecule has 1 aromatic heterocycles. The van der Waals surface area contributed by atoms with Crippen LogP contribution in [0, 0.1) is 12.8 Å². The molecule has 0 atom stereocenters. The molecule has 4 heteroatoms. The molecule has 1 aliphatic rings. The van der Waals surface area contributed by atoms with Gasteiger partial charge in [0.25, 0.3) is 0 Å². The third-order valence-corrected chi connectivity index (χ3v) is 3.61. The fraction of sp³-hybridized carbons (Fsp3) is 0.714. The third-order valence-electron chi connectivity index (χ3n) is 3.61. The van der Waals surface area contributed by atoms with E-state index in [1.165, 1.54) is 0 Å². The Morgan fingerprint density at radius 2 is 2.00 bits per heavy atom. The molecule has 0 aromatic carbocycles. The highest BCUT2D eigenvalue weighted by Gasteiger charge is 2.21. The quantitative estimate of drug-likeness (QED) is 0.891. The zero-order valence-electron chi connectivity index (χ0n) is 11.6. The number of nitrogens with zero attached hydrogens (tertiary/aromatic N) is 3. The molecule has 0 aliphatic carbocycles. The van der Waals surface area contributed by atoms with Crippen molar-refractivity contribution in [2.45, 2.75) is 39.5 Å². The van der Waals surface area contributed by atoms with Gasteiger partial charge in [-0.15, -0.1) is 0 Å². The van der Waals surface area contributed by atoms with E-state index < -0.39 is 0 Å². The second-order valence-corrected chi connectivity index (χ2v) is 5.50. The summed E-state index contributed by atoms with van der Waals surface area (Å²) in [4.78, 5) is 11.4. The molecule has 2 rings (SSSR count). The van der Waals surface area contributed by atoms with Crippen LogP contribution >= 0.6 is 0 Å². The Hall–Kier alpha value is -1.16. The van der Waals surface area contributed by atoms with Gasteiger partial charge < -0.3 is 10.0 Å². The lowest BCUT2D eigenvalue weighted by Gasteiger charge is -2.31. The first-order chi connectivity index (χ1) is 8.60. The van der Waals surface area contributed by atoms with Gasteiger partial charge in [-0.3, -0.25) is 0 Å². The second-order valence-electron chi connectivity index (χ2n) is 5.50.